The van der Waals surface area contributed by atoms with E-state index in [1.807, 2.05) is 30.3 Å². The summed E-state index contributed by atoms with van der Waals surface area (Å²) < 4.78 is 5.01. The molecule has 1 aliphatic rings. The van der Waals surface area contributed by atoms with E-state index in [0.717, 1.165) is 5.69 Å². The maximum Gasteiger partial charge on any atom is 0.322 e. The van der Waals surface area contributed by atoms with Gasteiger partial charge in [-0.2, -0.15) is 0 Å². The minimum Gasteiger partial charge on any atom is -0.431 e. The van der Waals surface area contributed by atoms with Crippen molar-refractivity contribution in [3.05, 3.63) is 42.2 Å². The predicted molar refractivity (Wildman–Crippen MR) is 68.6 cm³/mol. The minimum absolute atomic E-state index is 0.427. The van der Waals surface area contributed by atoms with Gasteiger partial charge in [-0.3, -0.25) is 9.79 Å². The molecule has 4 nitrogen and oxygen atoms in total. The zero-order valence-corrected chi connectivity index (χ0v) is 10.3. The fourth-order valence-corrected chi connectivity index (χ4v) is 1.93. The normalized spacial score (nSPS) is 24.5. The van der Waals surface area contributed by atoms with Gasteiger partial charge in [0.15, 0.2) is 0 Å². The molecule has 0 aliphatic carbocycles. The van der Waals surface area contributed by atoms with E-state index in [1.165, 1.54) is 6.08 Å². The molecule has 4 heteroatoms. The lowest BCUT2D eigenvalue weighted by atomic mass is 9.95. The molecule has 2 atom stereocenters. The number of aliphatic imine (C=N–C) groups is 1. The number of carbonyl (C=O) groups excluding carboxylic acids is 1. The van der Waals surface area contributed by atoms with Crippen molar-refractivity contribution < 1.29 is 14.6 Å². The molecule has 0 bridgehead atoms. The second kappa shape index (κ2) is 5.14. The molecule has 0 aromatic heterocycles. The number of aliphatic hydroxyl groups is 1. The summed E-state index contributed by atoms with van der Waals surface area (Å²) in [7, 11) is 0. The molecule has 1 aromatic rings. The van der Waals surface area contributed by atoms with Crippen molar-refractivity contribution in [2.75, 3.05) is 0 Å². The molecule has 18 heavy (non-hydrogen) atoms. The van der Waals surface area contributed by atoms with E-state index in [2.05, 4.69) is 4.99 Å². The van der Waals surface area contributed by atoms with E-state index >= 15 is 0 Å². The third-order valence-electron chi connectivity index (χ3n) is 2.77. The highest BCUT2D eigenvalue weighted by Crippen LogP contribution is 2.22. The van der Waals surface area contributed by atoms with Gasteiger partial charge in [0.05, 0.1) is 11.8 Å². The predicted octanol–water partition coefficient (Wildman–Crippen LogP) is 2.22. The number of allylic oxidation sites excluding steroid dienone is 1. The van der Waals surface area contributed by atoms with Crippen molar-refractivity contribution in [1.82, 2.24) is 0 Å². The van der Waals surface area contributed by atoms with Crippen LogP contribution in [-0.4, -0.2) is 22.9 Å². The van der Waals surface area contributed by atoms with E-state index in [4.69, 9.17) is 4.74 Å². The highest BCUT2D eigenvalue weighted by Gasteiger charge is 2.33. The molecule has 1 heterocycles. The molecule has 2 unspecified atom stereocenters. The molecule has 0 saturated heterocycles. The molecule has 0 amide bonds. The van der Waals surface area contributed by atoms with Gasteiger partial charge in [-0.25, -0.2) is 0 Å². The lowest BCUT2D eigenvalue weighted by Gasteiger charge is -2.24. The molecule has 0 fully saturated rings. The monoisotopic (exact) mass is 245 g/mol. The molecular formula is C14H15NO3. The molecule has 1 aromatic carbocycles. The van der Waals surface area contributed by atoms with E-state index in [-0.39, 0.29) is 0 Å². The quantitative estimate of drug-likeness (QED) is 0.642. The van der Waals surface area contributed by atoms with Crippen LogP contribution in [-0.2, 0) is 9.53 Å². The average molecular weight is 245 g/mol. The number of carbonyl (C=O) groups is 1. The topological polar surface area (TPSA) is 58.9 Å². The Morgan fingerprint density at radius 3 is 2.61 bits per heavy atom. The first-order chi connectivity index (χ1) is 8.58. The van der Waals surface area contributed by atoms with E-state index in [0.29, 0.717) is 11.5 Å². The summed E-state index contributed by atoms with van der Waals surface area (Å²) in [5.74, 6) is -0.759. The SMILES string of the molecule is CC1=CC(O)C(C(C)=Nc2ccccc2)C(=O)O1. The third-order valence-corrected chi connectivity index (χ3v) is 2.77. The van der Waals surface area contributed by atoms with Crippen molar-refractivity contribution in [2.45, 2.75) is 20.0 Å². The second-order valence-electron chi connectivity index (χ2n) is 4.26. The number of para-hydroxylation sites is 1. The summed E-state index contributed by atoms with van der Waals surface area (Å²) in [5, 5.41) is 9.90. The number of cyclic esters (lactones) is 1. The fraction of sp³-hybridized carbons (Fsp3) is 0.286. The minimum atomic E-state index is -0.876. The van der Waals surface area contributed by atoms with Crippen molar-refractivity contribution in [2.24, 2.45) is 10.9 Å². The lowest BCUT2D eigenvalue weighted by molar-refractivity contribution is -0.145. The van der Waals surface area contributed by atoms with Crippen LogP contribution < -0.4 is 0 Å². The first kappa shape index (κ1) is 12.5. The molecule has 2 rings (SSSR count). The molecule has 1 N–H and O–H groups in total. The molecule has 0 spiro atoms. The first-order valence-electron chi connectivity index (χ1n) is 5.76. The zero-order valence-electron chi connectivity index (χ0n) is 10.3. The van der Waals surface area contributed by atoms with Crippen LogP contribution in [0.4, 0.5) is 5.69 Å². The molecular weight excluding hydrogens is 230 g/mol. The number of benzene rings is 1. The zero-order chi connectivity index (χ0) is 13.1. The Kier molecular flexibility index (Phi) is 3.58. The number of nitrogens with zero attached hydrogens (tertiary/aromatic N) is 1. The molecule has 0 saturated carbocycles. The lowest BCUT2D eigenvalue weighted by Crippen LogP contribution is -2.37. The van der Waals surface area contributed by atoms with Gasteiger partial charge >= 0.3 is 5.97 Å². The summed E-state index contributed by atoms with van der Waals surface area (Å²) in [6.45, 7) is 3.36. The highest BCUT2D eigenvalue weighted by atomic mass is 16.5. The van der Waals surface area contributed by atoms with Crippen LogP contribution in [0.3, 0.4) is 0 Å². The van der Waals surface area contributed by atoms with Crippen LogP contribution in [0.2, 0.25) is 0 Å². The number of esters is 1. The fourth-order valence-electron chi connectivity index (χ4n) is 1.93. The van der Waals surface area contributed by atoms with Crippen LogP contribution in [0, 0.1) is 5.92 Å². The van der Waals surface area contributed by atoms with Gasteiger partial charge in [0.25, 0.3) is 0 Å². The number of ether oxygens (including phenoxy) is 1. The first-order valence-corrected chi connectivity index (χ1v) is 5.76. The van der Waals surface area contributed by atoms with Crippen LogP contribution >= 0.6 is 0 Å². The van der Waals surface area contributed by atoms with Gasteiger partial charge in [-0.05, 0) is 32.1 Å². The van der Waals surface area contributed by atoms with E-state index in [1.54, 1.807) is 13.8 Å². The highest BCUT2D eigenvalue weighted by molar-refractivity contribution is 6.03. The van der Waals surface area contributed by atoms with Crippen molar-refractivity contribution in [3.8, 4) is 0 Å². The van der Waals surface area contributed by atoms with Gasteiger partial charge in [0.1, 0.15) is 11.7 Å². The van der Waals surface area contributed by atoms with Crippen LogP contribution in [0.5, 0.6) is 0 Å². The largest absolute Gasteiger partial charge is 0.431 e. The summed E-state index contributed by atoms with van der Waals surface area (Å²) in [5.41, 5.74) is 1.30. The van der Waals surface area contributed by atoms with Crippen molar-refractivity contribution in [3.63, 3.8) is 0 Å². The smallest absolute Gasteiger partial charge is 0.322 e. The van der Waals surface area contributed by atoms with Gasteiger partial charge in [-0.15, -0.1) is 0 Å². The number of rotatable bonds is 2. The van der Waals surface area contributed by atoms with Crippen molar-refractivity contribution in [1.29, 1.82) is 0 Å². The van der Waals surface area contributed by atoms with Gasteiger partial charge < -0.3 is 9.84 Å². The van der Waals surface area contributed by atoms with E-state index in [9.17, 15) is 9.90 Å². The van der Waals surface area contributed by atoms with Crippen LogP contribution in [0.1, 0.15) is 13.8 Å². The van der Waals surface area contributed by atoms with Gasteiger partial charge in [0.2, 0.25) is 0 Å². The molecule has 94 valence electrons. The molecule has 0 radical (unpaired) electrons. The second-order valence-corrected chi connectivity index (χ2v) is 4.26. The number of hydrogen-bond acceptors (Lipinski definition) is 4. The van der Waals surface area contributed by atoms with Gasteiger partial charge in [-0.1, -0.05) is 18.2 Å². The van der Waals surface area contributed by atoms with E-state index < -0.39 is 18.0 Å². The standard InChI is InChI=1S/C14H15NO3/c1-9-8-12(16)13(14(17)18-9)10(2)15-11-6-4-3-5-7-11/h3-8,12-13,16H,1-2H3. The Balaban J connectivity index is 2.26. The molecule has 1 aliphatic heterocycles. The summed E-state index contributed by atoms with van der Waals surface area (Å²) >= 11 is 0. The maximum atomic E-state index is 11.7. The Morgan fingerprint density at radius 1 is 1.33 bits per heavy atom. The average Bonchev–Trinajstić information content (AvgIpc) is 2.28. The summed E-state index contributed by atoms with van der Waals surface area (Å²) in [6, 6.07) is 9.30. The van der Waals surface area contributed by atoms with Crippen LogP contribution in [0.25, 0.3) is 0 Å². The Bertz CT molecular complexity index is 505. The third kappa shape index (κ3) is 2.65. The number of hydrogen-bond donors (Lipinski definition) is 1. The Labute approximate surface area is 106 Å². The van der Waals surface area contributed by atoms with Crippen molar-refractivity contribution >= 4 is 17.4 Å². The van der Waals surface area contributed by atoms with Crippen LogP contribution in [0.15, 0.2) is 47.2 Å². The summed E-state index contributed by atoms with van der Waals surface area (Å²) in [6.07, 6.45) is 0.648. The Hall–Kier alpha value is -1.94. The maximum absolute atomic E-state index is 11.7. The summed E-state index contributed by atoms with van der Waals surface area (Å²) in [4.78, 5) is 16.1. The number of aliphatic hydroxyl groups excluding tert-OH is 1. The Morgan fingerprint density at radius 2 is 2.00 bits per heavy atom. The van der Waals surface area contributed by atoms with Gasteiger partial charge in [0, 0.05) is 5.71 Å².